The van der Waals surface area contributed by atoms with E-state index < -0.39 is 22.2 Å². The second kappa shape index (κ2) is 11.9. The van der Waals surface area contributed by atoms with Crippen LogP contribution in [-0.2, 0) is 19.6 Å². The summed E-state index contributed by atoms with van der Waals surface area (Å²) in [5.74, 6) is -0.728. The van der Waals surface area contributed by atoms with Crippen molar-refractivity contribution in [3.05, 3.63) is 64.5 Å². The molecule has 3 unspecified atom stereocenters. The third-order valence-corrected chi connectivity index (χ3v) is 9.73. The number of rotatable bonds is 9. The Bertz CT molecular complexity index is 1330. The van der Waals surface area contributed by atoms with Crippen LogP contribution in [0.15, 0.2) is 59.5 Å². The fourth-order valence-corrected chi connectivity index (χ4v) is 6.67. The molecule has 2 heterocycles. The van der Waals surface area contributed by atoms with Gasteiger partial charge in [0.1, 0.15) is 6.04 Å². The lowest BCUT2D eigenvalue weighted by Gasteiger charge is -2.32. The van der Waals surface area contributed by atoms with Gasteiger partial charge in [-0.15, -0.1) is 11.3 Å². The van der Waals surface area contributed by atoms with Crippen molar-refractivity contribution in [2.24, 2.45) is 5.92 Å². The summed E-state index contributed by atoms with van der Waals surface area (Å²) in [6, 6.07) is 14.8. The molecule has 1 fully saturated rings. The van der Waals surface area contributed by atoms with E-state index in [0.717, 1.165) is 10.1 Å². The summed E-state index contributed by atoms with van der Waals surface area (Å²) in [5.41, 5.74) is 0. The van der Waals surface area contributed by atoms with Gasteiger partial charge in [0.25, 0.3) is 5.91 Å². The smallest absolute Gasteiger partial charge is 0.262 e. The van der Waals surface area contributed by atoms with Crippen molar-refractivity contribution in [2.75, 3.05) is 26.2 Å². The molecule has 2 amide bonds. The SMILES string of the molecule is CCC(C)C(NC(=O)c1cc2ccccc2s1)C(=O)NCC1CN(S(=O)(=O)c2ccc(Cl)cc2)CCO1. The Kier molecular flexibility index (Phi) is 8.86. The Morgan fingerprint density at radius 1 is 1.19 bits per heavy atom. The highest BCUT2D eigenvalue weighted by Crippen LogP contribution is 2.25. The van der Waals surface area contributed by atoms with E-state index in [4.69, 9.17) is 16.3 Å². The van der Waals surface area contributed by atoms with Gasteiger partial charge < -0.3 is 15.4 Å². The molecular formula is C26H30ClN3O5S2. The second-order valence-electron chi connectivity index (χ2n) is 9.04. The summed E-state index contributed by atoms with van der Waals surface area (Å²) >= 11 is 7.27. The molecule has 198 valence electrons. The van der Waals surface area contributed by atoms with Gasteiger partial charge in [-0.2, -0.15) is 4.31 Å². The van der Waals surface area contributed by atoms with Crippen molar-refractivity contribution in [1.29, 1.82) is 0 Å². The highest BCUT2D eigenvalue weighted by molar-refractivity contribution is 7.89. The topological polar surface area (TPSA) is 105 Å². The van der Waals surface area contributed by atoms with Crippen LogP contribution in [0.25, 0.3) is 10.1 Å². The normalized spacial score (nSPS) is 18.3. The molecule has 1 saturated heterocycles. The number of thiophene rings is 1. The maximum atomic E-state index is 13.1. The van der Waals surface area contributed by atoms with Crippen molar-refractivity contribution < 1.29 is 22.7 Å². The number of halogens is 1. The van der Waals surface area contributed by atoms with Crippen LogP contribution in [0.5, 0.6) is 0 Å². The summed E-state index contributed by atoms with van der Waals surface area (Å²) in [6.45, 7) is 4.53. The number of sulfonamides is 1. The largest absolute Gasteiger partial charge is 0.374 e. The average molecular weight is 564 g/mol. The number of amides is 2. The third-order valence-electron chi connectivity index (χ3n) is 6.49. The predicted octanol–water partition coefficient (Wildman–Crippen LogP) is 3.91. The van der Waals surface area contributed by atoms with E-state index in [1.807, 2.05) is 44.2 Å². The van der Waals surface area contributed by atoms with E-state index in [9.17, 15) is 18.0 Å². The van der Waals surface area contributed by atoms with Gasteiger partial charge in [-0.1, -0.05) is 50.1 Å². The van der Waals surface area contributed by atoms with Crippen LogP contribution in [-0.4, -0.2) is 62.9 Å². The summed E-state index contributed by atoms with van der Waals surface area (Å²) < 4.78 is 34.2. The highest BCUT2D eigenvalue weighted by Gasteiger charge is 2.32. The number of carbonyl (C=O) groups excluding carboxylic acids is 2. The number of ether oxygens (including phenoxy) is 1. The van der Waals surface area contributed by atoms with Crippen LogP contribution in [0.2, 0.25) is 5.02 Å². The number of nitrogens with one attached hydrogen (secondary N) is 2. The van der Waals surface area contributed by atoms with Crippen molar-refractivity contribution in [2.45, 2.75) is 37.3 Å². The molecule has 1 aromatic heterocycles. The van der Waals surface area contributed by atoms with E-state index in [1.165, 1.54) is 39.9 Å². The van der Waals surface area contributed by atoms with Gasteiger partial charge in [0.15, 0.2) is 0 Å². The van der Waals surface area contributed by atoms with Gasteiger partial charge in [-0.3, -0.25) is 9.59 Å². The Balaban J connectivity index is 1.38. The first kappa shape index (κ1) is 27.5. The van der Waals surface area contributed by atoms with Crippen LogP contribution in [0, 0.1) is 5.92 Å². The van der Waals surface area contributed by atoms with E-state index >= 15 is 0 Å². The van der Waals surface area contributed by atoms with Gasteiger partial charge in [0.2, 0.25) is 15.9 Å². The monoisotopic (exact) mass is 563 g/mol. The minimum atomic E-state index is -3.72. The first-order valence-corrected chi connectivity index (χ1v) is 14.8. The number of hydrogen-bond donors (Lipinski definition) is 2. The molecular weight excluding hydrogens is 534 g/mol. The zero-order valence-corrected chi connectivity index (χ0v) is 23.0. The summed E-state index contributed by atoms with van der Waals surface area (Å²) in [5, 5.41) is 7.19. The molecule has 0 spiro atoms. The molecule has 11 heteroatoms. The van der Waals surface area contributed by atoms with Crippen LogP contribution in [0.1, 0.15) is 29.9 Å². The lowest BCUT2D eigenvalue weighted by Crippen LogP contribution is -2.54. The van der Waals surface area contributed by atoms with Gasteiger partial charge >= 0.3 is 0 Å². The van der Waals surface area contributed by atoms with Crippen molar-refractivity contribution in [3.8, 4) is 0 Å². The first-order valence-electron chi connectivity index (χ1n) is 12.1. The lowest BCUT2D eigenvalue weighted by molar-refractivity contribution is -0.125. The molecule has 2 aromatic carbocycles. The number of morpholine rings is 1. The van der Waals surface area contributed by atoms with E-state index in [0.29, 0.717) is 16.3 Å². The van der Waals surface area contributed by atoms with Gasteiger partial charge in [0.05, 0.1) is 22.5 Å². The standard InChI is InChI=1S/C26H30ClN3O5S2/c1-3-17(2)24(29-25(31)23-14-18-6-4-5-7-22(18)36-23)26(32)28-15-20-16-30(12-13-35-20)37(33,34)21-10-8-19(27)9-11-21/h4-11,14,17,20,24H,3,12-13,15-16H2,1-2H3,(H,28,32)(H,29,31). The van der Waals surface area contributed by atoms with Gasteiger partial charge in [0, 0.05) is 29.4 Å². The summed E-state index contributed by atoms with van der Waals surface area (Å²) in [4.78, 5) is 26.8. The minimum Gasteiger partial charge on any atom is -0.374 e. The lowest BCUT2D eigenvalue weighted by atomic mass is 9.98. The average Bonchev–Trinajstić information content (AvgIpc) is 3.35. The Labute approximate surface area is 226 Å². The second-order valence-corrected chi connectivity index (χ2v) is 12.5. The zero-order chi connectivity index (χ0) is 26.6. The van der Waals surface area contributed by atoms with E-state index in [1.54, 1.807) is 0 Å². The van der Waals surface area contributed by atoms with E-state index in [-0.39, 0.29) is 48.9 Å². The molecule has 0 radical (unpaired) electrons. The van der Waals surface area contributed by atoms with E-state index in [2.05, 4.69) is 10.6 Å². The fourth-order valence-electron chi connectivity index (χ4n) is 4.12. The molecule has 0 aliphatic carbocycles. The summed E-state index contributed by atoms with van der Waals surface area (Å²) in [7, 11) is -3.72. The van der Waals surface area contributed by atoms with Crippen molar-refractivity contribution >= 4 is 54.9 Å². The van der Waals surface area contributed by atoms with Crippen molar-refractivity contribution in [3.63, 3.8) is 0 Å². The molecule has 8 nitrogen and oxygen atoms in total. The zero-order valence-electron chi connectivity index (χ0n) is 20.6. The minimum absolute atomic E-state index is 0.104. The van der Waals surface area contributed by atoms with Gasteiger partial charge in [-0.05, 0) is 47.7 Å². The first-order chi connectivity index (χ1) is 17.7. The number of carbonyl (C=O) groups is 2. The fraction of sp³-hybridized carbons (Fsp3) is 0.385. The maximum Gasteiger partial charge on any atom is 0.262 e. The van der Waals surface area contributed by atoms with Crippen LogP contribution in [0.4, 0.5) is 0 Å². The number of nitrogens with zero attached hydrogens (tertiary/aromatic N) is 1. The Hall–Kier alpha value is -2.50. The molecule has 2 N–H and O–H groups in total. The Morgan fingerprint density at radius 2 is 1.92 bits per heavy atom. The molecule has 1 aliphatic rings. The third kappa shape index (κ3) is 6.50. The molecule has 3 atom stereocenters. The molecule has 37 heavy (non-hydrogen) atoms. The Morgan fingerprint density at radius 3 is 2.62 bits per heavy atom. The summed E-state index contributed by atoms with van der Waals surface area (Å²) in [6.07, 6.45) is 0.174. The number of benzene rings is 2. The maximum absolute atomic E-state index is 13.1. The number of hydrogen-bond acceptors (Lipinski definition) is 6. The highest BCUT2D eigenvalue weighted by atomic mass is 35.5. The van der Waals surface area contributed by atoms with Crippen LogP contribution < -0.4 is 10.6 Å². The van der Waals surface area contributed by atoms with Crippen LogP contribution in [0.3, 0.4) is 0 Å². The van der Waals surface area contributed by atoms with Crippen molar-refractivity contribution in [1.82, 2.24) is 14.9 Å². The number of fused-ring (bicyclic) bond motifs is 1. The molecule has 0 saturated carbocycles. The molecule has 1 aliphatic heterocycles. The molecule has 4 rings (SSSR count). The van der Waals surface area contributed by atoms with Gasteiger partial charge in [-0.25, -0.2) is 8.42 Å². The predicted molar refractivity (Wildman–Crippen MR) is 145 cm³/mol. The molecule has 0 bridgehead atoms. The van der Waals surface area contributed by atoms with Crippen LogP contribution >= 0.6 is 22.9 Å². The quantitative estimate of drug-likeness (QED) is 0.411. The molecule has 3 aromatic rings.